The average molecular weight is 271 g/mol. The summed E-state index contributed by atoms with van der Waals surface area (Å²) in [5.74, 6) is 0.598. The van der Waals surface area contributed by atoms with E-state index in [1.807, 2.05) is 40.8 Å². The Kier molecular flexibility index (Phi) is 11.6. The molecule has 0 bridgehead atoms. The molecule has 0 aliphatic heterocycles. The topological polar surface area (TPSA) is 36.9 Å². The number of hydrogen-bond donors (Lipinski definition) is 1. The fourth-order valence-corrected chi connectivity index (χ4v) is 1.37. The summed E-state index contributed by atoms with van der Waals surface area (Å²) in [4.78, 5) is 6.21. The van der Waals surface area contributed by atoms with Crippen LogP contribution < -0.4 is 5.32 Å². The second kappa shape index (κ2) is 10.9. The highest BCUT2D eigenvalue weighted by Crippen LogP contribution is 2.11. The van der Waals surface area contributed by atoms with Gasteiger partial charge in [-0.1, -0.05) is 13.8 Å². The highest BCUT2D eigenvalue weighted by atomic mass is 16.5. The molecule has 0 saturated heterocycles. The van der Waals surface area contributed by atoms with E-state index in [1.54, 1.807) is 7.05 Å². The van der Waals surface area contributed by atoms with Crippen molar-refractivity contribution in [2.75, 3.05) is 27.7 Å². The van der Waals surface area contributed by atoms with E-state index >= 15 is 0 Å². The smallest absolute Gasteiger partial charge is 0.180 e. The summed E-state index contributed by atoms with van der Waals surface area (Å²) in [6, 6.07) is 0.164. The van der Waals surface area contributed by atoms with Gasteiger partial charge >= 0.3 is 0 Å². The third-order valence-corrected chi connectivity index (χ3v) is 1.99. The molecule has 19 heavy (non-hydrogen) atoms. The van der Waals surface area contributed by atoms with Crippen LogP contribution in [0.25, 0.3) is 0 Å². The molecule has 0 saturated carbocycles. The van der Waals surface area contributed by atoms with Crippen LogP contribution in [0.2, 0.25) is 0 Å². The van der Waals surface area contributed by atoms with Crippen molar-refractivity contribution < 1.29 is 4.74 Å². The third-order valence-electron chi connectivity index (χ3n) is 1.99. The van der Waals surface area contributed by atoms with Gasteiger partial charge in [-0.25, -0.2) is 0 Å². The Hall–Kier alpha value is -1.03. The van der Waals surface area contributed by atoms with Crippen LogP contribution in [0.4, 0.5) is 0 Å². The van der Waals surface area contributed by atoms with Crippen molar-refractivity contribution in [2.24, 2.45) is 4.99 Å². The standard InChI is InChI=1S/C13H27N3O.C2H6/c1-11(17-13(2,3)4)15-12(10-14-5)8-9-16(6)7;1-2/h10,12,15H,1,8-9H2,2-7H3;1-2H3. The van der Waals surface area contributed by atoms with Crippen LogP contribution in [0, 0.1) is 0 Å². The van der Waals surface area contributed by atoms with Gasteiger partial charge in [0.05, 0.1) is 6.04 Å². The fraction of sp³-hybridized carbons (Fsp3) is 0.800. The van der Waals surface area contributed by atoms with Crippen LogP contribution in [-0.2, 0) is 4.74 Å². The predicted octanol–water partition coefficient (Wildman–Crippen LogP) is 2.91. The highest BCUT2D eigenvalue weighted by molar-refractivity contribution is 5.64. The second-order valence-electron chi connectivity index (χ2n) is 5.39. The number of hydrogen-bond acceptors (Lipinski definition) is 4. The number of rotatable bonds is 7. The molecule has 0 radical (unpaired) electrons. The Balaban J connectivity index is 0. The van der Waals surface area contributed by atoms with E-state index in [2.05, 4.69) is 35.9 Å². The minimum atomic E-state index is -0.223. The zero-order valence-electron chi connectivity index (χ0n) is 14.1. The zero-order chi connectivity index (χ0) is 15.5. The normalized spacial score (nSPS) is 12.9. The molecule has 4 heteroatoms. The quantitative estimate of drug-likeness (QED) is 0.571. The molecule has 1 unspecified atom stereocenters. The fourth-order valence-electron chi connectivity index (χ4n) is 1.37. The van der Waals surface area contributed by atoms with Gasteiger partial charge in [0.2, 0.25) is 0 Å². The monoisotopic (exact) mass is 271 g/mol. The van der Waals surface area contributed by atoms with Gasteiger partial charge in [0.25, 0.3) is 0 Å². The largest absolute Gasteiger partial charge is 0.474 e. The molecule has 0 spiro atoms. The molecule has 0 aromatic heterocycles. The van der Waals surface area contributed by atoms with Gasteiger partial charge in [0.1, 0.15) is 5.60 Å². The molecule has 114 valence electrons. The van der Waals surface area contributed by atoms with Crippen molar-refractivity contribution in [3.8, 4) is 0 Å². The maximum atomic E-state index is 5.64. The third kappa shape index (κ3) is 14.9. The molecular weight excluding hydrogens is 238 g/mol. The first-order chi connectivity index (χ1) is 8.74. The first-order valence-corrected chi connectivity index (χ1v) is 6.96. The van der Waals surface area contributed by atoms with Crippen molar-refractivity contribution in [3.63, 3.8) is 0 Å². The molecule has 0 rings (SSSR count). The van der Waals surface area contributed by atoms with Crippen LogP contribution in [0.1, 0.15) is 41.0 Å². The minimum Gasteiger partial charge on any atom is -0.474 e. The van der Waals surface area contributed by atoms with Crippen molar-refractivity contribution in [2.45, 2.75) is 52.7 Å². The van der Waals surface area contributed by atoms with E-state index in [0.717, 1.165) is 13.0 Å². The van der Waals surface area contributed by atoms with Crippen molar-refractivity contribution >= 4 is 6.21 Å². The summed E-state index contributed by atoms with van der Waals surface area (Å²) < 4.78 is 5.64. The van der Waals surface area contributed by atoms with Crippen LogP contribution in [-0.4, -0.2) is 50.4 Å². The van der Waals surface area contributed by atoms with Gasteiger partial charge in [-0.05, 0) is 54.4 Å². The zero-order valence-corrected chi connectivity index (χ0v) is 14.1. The number of aliphatic imine (C=N–C) groups is 1. The van der Waals surface area contributed by atoms with Gasteiger partial charge in [-0.15, -0.1) is 0 Å². The Labute approximate surface area is 119 Å². The van der Waals surface area contributed by atoms with Crippen LogP contribution >= 0.6 is 0 Å². The molecule has 1 N–H and O–H groups in total. The molecule has 0 aliphatic carbocycles. The lowest BCUT2D eigenvalue weighted by Gasteiger charge is -2.26. The van der Waals surface area contributed by atoms with Gasteiger partial charge < -0.3 is 15.0 Å². The summed E-state index contributed by atoms with van der Waals surface area (Å²) in [5.41, 5.74) is -0.223. The van der Waals surface area contributed by atoms with Gasteiger partial charge in [-0.2, -0.15) is 0 Å². The summed E-state index contributed by atoms with van der Waals surface area (Å²) in [5, 5.41) is 3.24. The lowest BCUT2D eigenvalue weighted by atomic mass is 10.2. The molecule has 0 amide bonds. The summed E-state index contributed by atoms with van der Waals surface area (Å²) in [6.07, 6.45) is 2.86. The molecule has 4 nitrogen and oxygen atoms in total. The SMILES string of the molecule is C=C(NC(C=NC)CCN(C)C)OC(C)(C)C.CC. The maximum absolute atomic E-state index is 5.64. The molecule has 0 aromatic carbocycles. The number of nitrogens with one attached hydrogen (secondary N) is 1. The lowest BCUT2D eigenvalue weighted by Crippen LogP contribution is -2.35. The first-order valence-electron chi connectivity index (χ1n) is 6.96. The first kappa shape index (κ1) is 20.3. The summed E-state index contributed by atoms with van der Waals surface area (Å²) in [7, 11) is 5.89. The Bertz CT molecular complexity index is 255. The molecular formula is C15H33N3O. The summed E-state index contributed by atoms with van der Waals surface area (Å²) >= 11 is 0. The molecule has 0 aliphatic rings. The van der Waals surface area contributed by atoms with E-state index in [0.29, 0.717) is 5.88 Å². The van der Waals surface area contributed by atoms with E-state index in [1.165, 1.54) is 0 Å². The van der Waals surface area contributed by atoms with E-state index in [4.69, 9.17) is 4.74 Å². The van der Waals surface area contributed by atoms with Gasteiger partial charge in [0.15, 0.2) is 5.88 Å². The van der Waals surface area contributed by atoms with E-state index in [-0.39, 0.29) is 11.6 Å². The minimum absolute atomic E-state index is 0.164. The van der Waals surface area contributed by atoms with Crippen molar-refractivity contribution in [1.29, 1.82) is 0 Å². The Morgan fingerprint density at radius 3 is 2.26 bits per heavy atom. The summed E-state index contributed by atoms with van der Waals surface area (Å²) in [6.45, 7) is 14.9. The molecule has 0 fully saturated rings. The van der Waals surface area contributed by atoms with E-state index < -0.39 is 0 Å². The van der Waals surface area contributed by atoms with Crippen LogP contribution in [0.15, 0.2) is 17.5 Å². The molecule has 1 atom stereocenters. The van der Waals surface area contributed by atoms with Crippen LogP contribution in [0.5, 0.6) is 0 Å². The lowest BCUT2D eigenvalue weighted by molar-refractivity contribution is 0.0400. The van der Waals surface area contributed by atoms with Crippen LogP contribution in [0.3, 0.4) is 0 Å². The van der Waals surface area contributed by atoms with Crippen molar-refractivity contribution in [3.05, 3.63) is 12.5 Å². The number of nitrogens with zero attached hydrogens (tertiary/aromatic N) is 2. The Morgan fingerprint density at radius 2 is 1.89 bits per heavy atom. The molecule has 0 heterocycles. The molecule has 0 aromatic rings. The highest BCUT2D eigenvalue weighted by Gasteiger charge is 2.14. The number of ether oxygens (including phenoxy) is 1. The average Bonchev–Trinajstić information content (AvgIpc) is 2.26. The van der Waals surface area contributed by atoms with Crippen molar-refractivity contribution in [1.82, 2.24) is 10.2 Å². The predicted molar refractivity (Wildman–Crippen MR) is 85.8 cm³/mol. The van der Waals surface area contributed by atoms with E-state index in [9.17, 15) is 0 Å². The maximum Gasteiger partial charge on any atom is 0.180 e. The van der Waals surface area contributed by atoms with Gasteiger partial charge in [-0.3, -0.25) is 4.99 Å². The second-order valence-corrected chi connectivity index (χ2v) is 5.39. The van der Waals surface area contributed by atoms with Gasteiger partial charge in [0, 0.05) is 13.3 Å². The Morgan fingerprint density at radius 1 is 1.37 bits per heavy atom.